The third-order valence-corrected chi connectivity index (χ3v) is 5.93. The van der Waals surface area contributed by atoms with Crippen LogP contribution in [0.15, 0.2) is 36.7 Å². The minimum atomic E-state index is -0.641. The van der Waals surface area contributed by atoms with Gasteiger partial charge in [0, 0.05) is 37.4 Å². The highest BCUT2D eigenvalue weighted by Crippen LogP contribution is 2.32. The normalized spacial score (nSPS) is 16.7. The van der Waals surface area contributed by atoms with Gasteiger partial charge in [-0.05, 0) is 44.7 Å². The van der Waals surface area contributed by atoms with Crippen LogP contribution >= 0.6 is 0 Å². The molecule has 0 aliphatic carbocycles. The Hall–Kier alpha value is -3.77. The molecule has 9 heteroatoms. The monoisotopic (exact) mass is 434 g/mol. The first-order chi connectivity index (χ1) is 15.3. The molecule has 1 saturated heterocycles. The number of nitriles is 1. The van der Waals surface area contributed by atoms with Crippen molar-refractivity contribution in [3.8, 4) is 28.9 Å². The Bertz CT molecular complexity index is 1210. The Morgan fingerprint density at radius 1 is 1.28 bits per heavy atom. The number of carbonyl (C=O) groups is 1. The summed E-state index contributed by atoms with van der Waals surface area (Å²) in [6.07, 6.45) is 2.86. The van der Waals surface area contributed by atoms with E-state index in [1.54, 1.807) is 24.3 Å². The van der Waals surface area contributed by atoms with Gasteiger partial charge in [0.15, 0.2) is 11.6 Å². The summed E-state index contributed by atoms with van der Waals surface area (Å²) in [6.45, 7) is 5.77. The molecule has 4 rings (SSSR count). The lowest BCUT2D eigenvalue weighted by atomic mass is 10.0. The molecular weight excluding hydrogens is 411 g/mol. The first-order valence-corrected chi connectivity index (χ1v) is 10.2. The zero-order chi connectivity index (χ0) is 23.0. The molecule has 0 bridgehead atoms. The molecule has 1 amide bonds. The van der Waals surface area contributed by atoms with Crippen LogP contribution in [0.4, 0.5) is 4.39 Å². The predicted molar refractivity (Wildman–Crippen MR) is 116 cm³/mol. The summed E-state index contributed by atoms with van der Waals surface area (Å²) in [5.74, 6) is -0.456. The largest absolute Gasteiger partial charge is 0.504 e. The van der Waals surface area contributed by atoms with Crippen LogP contribution < -0.4 is 0 Å². The highest BCUT2D eigenvalue weighted by atomic mass is 19.1. The van der Waals surface area contributed by atoms with Gasteiger partial charge in [0.05, 0.1) is 17.3 Å². The van der Waals surface area contributed by atoms with E-state index >= 15 is 0 Å². The van der Waals surface area contributed by atoms with E-state index in [4.69, 9.17) is 5.26 Å². The number of aromatic nitrogens is 3. The van der Waals surface area contributed by atoms with Gasteiger partial charge in [-0.15, -0.1) is 0 Å². The van der Waals surface area contributed by atoms with Crippen LogP contribution in [-0.4, -0.2) is 68.3 Å². The van der Waals surface area contributed by atoms with Crippen LogP contribution in [0.2, 0.25) is 0 Å². The first-order valence-electron chi connectivity index (χ1n) is 10.2. The standard InChI is InChI=1S/C23H23FN6O2/c1-14-12-29(9-8-28(14)3)23(32)17-5-7-20(26-11-17)30-13-19(31)22(27-30)18-6-4-16(10-25)21(24)15(18)2/h4-7,11,13-14,31H,8-9,12H2,1-3H3/t14-/m0/s1. The summed E-state index contributed by atoms with van der Waals surface area (Å²) in [5.41, 5.74) is 1.20. The van der Waals surface area contributed by atoms with E-state index in [1.807, 2.05) is 11.9 Å². The molecule has 1 N–H and O–H groups in total. The molecule has 1 fully saturated rings. The molecule has 0 radical (unpaired) electrons. The fourth-order valence-corrected chi connectivity index (χ4v) is 3.77. The Labute approximate surface area is 185 Å². The van der Waals surface area contributed by atoms with Gasteiger partial charge in [-0.1, -0.05) is 6.07 Å². The molecule has 3 heterocycles. The predicted octanol–water partition coefficient (Wildman–Crippen LogP) is 2.74. The molecule has 1 aliphatic heterocycles. The molecule has 0 unspecified atom stereocenters. The Balaban J connectivity index is 1.58. The van der Waals surface area contributed by atoms with Crippen molar-refractivity contribution in [1.29, 1.82) is 5.26 Å². The SMILES string of the molecule is Cc1c(-c2nn(-c3ccc(C(=O)N4CCN(C)[C@@H](C)C4)cn3)cc2O)ccc(C#N)c1F. The summed E-state index contributed by atoms with van der Waals surface area (Å²) in [6, 6.07) is 8.32. The zero-order valence-electron chi connectivity index (χ0n) is 18.1. The molecule has 0 saturated carbocycles. The van der Waals surface area contributed by atoms with Crippen molar-refractivity contribution >= 4 is 5.91 Å². The van der Waals surface area contributed by atoms with Crippen molar-refractivity contribution < 1.29 is 14.3 Å². The number of benzene rings is 1. The van der Waals surface area contributed by atoms with E-state index in [9.17, 15) is 14.3 Å². The van der Waals surface area contributed by atoms with Crippen molar-refractivity contribution in [2.75, 3.05) is 26.7 Å². The summed E-state index contributed by atoms with van der Waals surface area (Å²) < 4.78 is 15.7. The molecule has 2 aromatic heterocycles. The molecule has 164 valence electrons. The van der Waals surface area contributed by atoms with E-state index in [1.165, 1.54) is 30.1 Å². The van der Waals surface area contributed by atoms with Crippen molar-refractivity contribution in [2.24, 2.45) is 0 Å². The lowest BCUT2D eigenvalue weighted by molar-refractivity contribution is 0.0572. The van der Waals surface area contributed by atoms with Gasteiger partial charge >= 0.3 is 0 Å². The summed E-state index contributed by atoms with van der Waals surface area (Å²) in [4.78, 5) is 21.2. The van der Waals surface area contributed by atoms with Crippen LogP contribution in [0.3, 0.4) is 0 Å². The van der Waals surface area contributed by atoms with E-state index in [2.05, 4.69) is 21.9 Å². The molecule has 1 aliphatic rings. The van der Waals surface area contributed by atoms with Gasteiger partial charge in [-0.25, -0.2) is 14.1 Å². The number of carbonyl (C=O) groups excluding carboxylic acids is 1. The van der Waals surface area contributed by atoms with E-state index in [-0.39, 0.29) is 28.5 Å². The van der Waals surface area contributed by atoms with Crippen LogP contribution in [-0.2, 0) is 0 Å². The maximum absolute atomic E-state index is 14.3. The summed E-state index contributed by atoms with van der Waals surface area (Å²) >= 11 is 0. The van der Waals surface area contributed by atoms with E-state index < -0.39 is 5.82 Å². The fraction of sp³-hybridized carbons (Fsp3) is 0.304. The third kappa shape index (κ3) is 3.81. The molecule has 32 heavy (non-hydrogen) atoms. The van der Waals surface area contributed by atoms with Crippen molar-refractivity contribution in [1.82, 2.24) is 24.6 Å². The molecular formula is C23H23FN6O2. The van der Waals surface area contributed by atoms with Gasteiger partial charge < -0.3 is 14.9 Å². The van der Waals surface area contributed by atoms with Crippen LogP contribution in [0.1, 0.15) is 28.4 Å². The number of pyridine rings is 1. The summed E-state index contributed by atoms with van der Waals surface area (Å²) in [7, 11) is 2.05. The third-order valence-electron chi connectivity index (χ3n) is 5.93. The molecule has 8 nitrogen and oxygen atoms in total. The summed E-state index contributed by atoms with van der Waals surface area (Å²) in [5, 5.41) is 23.7. The lowest BCUT2D eigenvalue weighted by Gasteiger charge is -2.37. The molecule has 1 aromatic carbocycles. The Morgan fingerprint density at radius 3 is 2.72 bits per heavy atom. The number of hydrogen-bond acceptors (Lipinski definition) is 6. The maximum Gasteiger partial charge on any atom is 0.255 e. The Kier molecular flexibility index (Phi) is 5.63. The average Bonchev–Trinajstić information content (AvgIpc) is 3.18. The van der Waals surface area contributed by atoms with Gasteiger partial charge in [-0.2, -0.15) is 10.4 Å². The van der Waals surface area contributed by atoms with Gasteiger partial charge in [0.25, 0.3) is 5.91 Å². The van der Waals surface area contributed by atoms with Crippen LogP contribution in [0, 0.1) is 24.1 Å². The lowest BCUT2D eigenvalue weighted by Crippen LogP contribution is -2.52. The number of nitrogens with zero attached hydrogens (tertiary/aromatic N) is 6. The highest BCUT2D eigenvalue weighted by Gasteiger charge is 2.25. The van der Waals surface area contributed by atoms with Gasteiger partial charge in [0.2, 0.25) is 0 Å². The zero-order valence-corrected chi connectivity index (χ0v) is 18.1. The second-order valence-corrected chi connectivity index (χ2v) is 8.00. The second kappa shape index (κ2) is 8.40. The minimum Gasteiger partial charge on any atom is -0.504 e. The number of amides is 1. The fourth-order valence-electron chi connectivity index (χ4n) is 3.77. The number of aromatic hydroxyl groups is 1. The quantitative estimate of drug-likeness (QED) is 0.681. The van der Waals surface area contributed by atoms with Crippen LogP contribution in [0.5, 0.6) is 5.75 Å². The average molecular weight is 434 g/mol. The van der Waals surface area contributed by atoms with Crippen molar-refractivity contribution in [2.45, 2.75) is 19.9 Å². The number of rotatable bonds is 3. The Morgan fingerprint density at radius 2 is 2.06 bits per heavy atom. The van der Waals surface area contributed by atoms with Gasteiger partial charge in [-0.3, -0.25) is 4.79 Å². The minimum absolute atomic E-state index is 0.0677. The maximum atomic E-state index is 14.3. The number of piperazine rings is 1. The molecule has 3 aromatic rings. The molecule has 1 atom stereocenters. The molecule has 0 spiro atoms. The van der Waals surface area contributed by atoms with E-state index in [0.717, 1.165) is 6.54 Å². The van der Waals surface area contributed by atoms with Crippen LogP contribution in [0.25, 0.3) is 17.1 Å². The second-order valence-electron chi connectivity index (χ2n) is 8.00. The smallest absolute Gasteiger partial charge is 0.255 e. The first kappa shape index (κ1) is 21.5. The van der Waals surface area contributed by atoms with E-state index in [0.29, 0.717) is 36.1 Å². The topological polar surface area (TPSA) is 98.3 Å². The number of likely N-dealkylation sites (N-methyl/N-ethyl adjacent to an activating group) is 1. The van der Waals surface area contributed by atoms with Crippen molar-refractivity contribution in [3.05, 3.63) is 59.2 Å². The van der Waals surface area contributed by atoms with Crippen molar-refractivity contribution in [3.63, 3.8) is 0 Å². The van der Waals surface area contributed by atoms with Gasteiger partial charge in [0.1, 0.15) is 17.6 Å². The number of halogens is 1. The number of hydrogen-bond donors (Lipinski definition) is 1. The highest BCUT2D eigenvalue weighted by molar-refractivity contribution is 5.94.